The Bertz CT molecular complexity index is 1340. The fourth-order valence-electron chi connectivity index (χ4n) is 3.85. The first kappa shape index (κ1) is 29.2. The zero-order chi connectivity index (χ0) is 27.7. The highest BCUT2D eigenvalue weighted by Crippen LogP contribution is 2.10. The van der Waals surface area contributed by atoms with Crippen LogP contribution in [-0.2, 0) is 22.8 Å². The van der Waals surface area contributed by atoms with Gasteiger partial charge in [0.1, 0.15) is 6.04 Å². The number of esters is 1. The summed E-state index contributed by atoms with van der Waals surface area (Å²) in [6.45, 7) is 4.80. The van der Waals surface area contributed by atoms with Crippen molar-refractivity contribution in [3.8, 4) is 0 Å². The molecule has 10 heteroatoms. The summed E-state index contributed by atoms with van der Waals surface area (Å²) in [5.74, 6) is -0.886. The fourth-order valence-corrected chi connectivity index (χ4v) is 4.79. The lowest BCUT2D eigenvalue weighted by Gasteiger charge is -2.22. The van der Waals surface area contributed by atoms with Crippen molar-refractivity contribution in [2.75, 3.05) is 27.7 Å². The van der Waals surface area contributed by atoms with E-state index < -0.39 is 23.6 Å². The van der Waals surface area contributed by atoms with Crippen molar-refractivity contribution in [3.63, 3.8) is 0 Å². The lowest BCUT2D eigenvalue weighted by atomic mass is 10.1. The summed E-state index contributed by atoms with van der Waals surface area (Å²) in [6.07, 6.45) is 2.45. The van der Waals surface area contributed by atoms with E-state index in [-0.39, 0.29) is 11.5 Å². The van der Waals surface area contributed by atoms with Crippen molar-refractivity contribution in [1.82, 2.24) is 18.7 Å². The number of benzene rings is 2. The van der Waals surface area contributed by atoms with Crippen LogP contribution < -0.4 is 15.8 Å². The highest BCUT2D eigenvalue weighted by atomic mass is 32.1. The molecular weight excluding hydrogens is 502 g/mol. The van der Waals surface area contributed by atoms with E-state index in [9.17, 15) is 14.4 Å². The summed E-state index contributed by atoms with van der Waals surface area (Å²) < 4.78 is 8.36. The molecule has 0 saturated heterocycles. The van der Waals surface area contributed by atoms with Crippen LogP contribution in [0.25, 0.3) is 0 Å². The van der Waals surface area contributed by atoms with Gasteiger partial charge in [0.15, 0.2) is 6.73 Å². The second kappa shape index (κ2) is 14.0. The molecule has 0 bridgehead atoms. The molecule has 0 aliphatic heterocycles. The normalized spacial score (nSPS) is 12.6. The minimum Gasteiger partial charge on any atom is -0.442 e. The summed E-state index contributed by atoms with van der Waals surface area (Å²) in [5, 5.41) is 3.10. The Morgan fingerprint density at radius 2 is 1.66 bits per heavy atom. The van der Waals surface area contributed by atoms with E-state index in [0.717, 1.165) is 47.6 Å². The number of amides is 1. The number of carbonyl (C=O) groups excluding carboxylic acids is 2. The lowest BCUT2D eigenvalue weighted by molar-refractivity contribution is -0.153. The molecule has 38 heavy (non-hydrogen) atoms. The molecule has 0 spiro atoms. The average Bonchev–Trinajstić information content (AvgIpc) is 3.17. The second-order valence-corrected chi connectivity index (χ2v) is 10.5. The molecular formula is C28H37N5O4S. The fraction of sp³-hybridized carbons (Fsp3) is 0.429. The molecule has 2 aromatic carbocycles. The Balaban J connectivity index is 1.88. The minimum atomic E-state index is -0.468. The molecule has 0 fully saturated rings. The highest BCUT2D eigenvalue weighted by molar-refractivity contribution is 7.03. The summed E-state index contributed by atoms with van der Waals surface area (Å²) in [5.41, 5.74) is 3.11. The minimum absolute atomic E-state index is 0.177. The Kier molecular flexibility index (Phi) is 10.8. The SMILES string of the molecule is CNCCCCC(C(=O)OCn1c(=NC(=O)c2ccc(C)cc2)sn(Cc2ccc(C)cc2)c1=O)N(C)C. The number of rotatable bonds is 12. The number of nitrogens with one attached hydrogen (secondary N) is 1. The molecule has 204 valence electrons. The molecule has 9 nitrogen and oxygen atoms in total. The summed E-state index contributed by atoms with van der Waals surface area (Å²) in [6, 6.07) is 14.5. The molecule has 1 aromatic heterocycles. The molecule has 1 amide bonds. The van der Waals surface area contributed by atoms with Crippen LogP contribution in [0.2, 0.25) is 0 Å². The van der Waals surface area contributed by atoms with Gasteiger partial charge in [0.05, 0.1) is 6.54 Å². The van der Waals surface area contributed by atoms with Crippen molar-refractivity contribution in [2.24, 2.45) is 4.99 Å². The van der Waals surface area contributed by atoms with E-state index in [1.54, 1.807) is 12.1 Å². The molecule has 0 saturated carbocycles. The van der Waals surface area contributed by atoms with Crippen LogP contribution in [0.15, 0.2) is 58.3 Å². The number of hydrogen-bond acceptors (Lipinski definition) is 7. The molecule has 0 aliphatic rings. The summed E-state index contributed by atoms with van der Waals surface area (Å²) >= 11 is 1.07. The van der Waals surface area contributed by atoms with Crippen molar-refractivity contribution in [3.05, 3.63) is 86.1 Å². The zero-order valence-electron chi connectivity index (χ0n) is 22.8. The van der Waals surface area contributed by atoms with Crippen molar-refractivity contribution < 1.29 is 14.3 Å². The van der Waals surface area contributed by atoms with Crippen LogP contribution in [0.3, 0.4) is 0 Å². The molecule has 1 atom stereocenters. The van der Waals surface area contributed by atoms with E-state index >= 15 is 0 Å². The van der Waals surface area contributed by atoms with Gasteiger partial charge in [-0.25, -0.2) is 13.3 Å². The maximum Gasteiger partial charge on any atom is 0.342 e. The van der Waals surface area contributed by atoms with Crippen LogP contribution >= 0.6 is 11.5 Å². The lowest BCUT2D eigenvalue weighted by Crippen LogP contribution is -2.39. The van der Waals surface area contributed by atoms with E-state index in [1.807, 2.05) is 76.3 Å². The first-order chi connectivity index (χ1) is 18.2. The van der Waals surface area contributed by atoms with E-state index in [4.69, 9.17) is 4.74 Å². The Hall–Kier alpha value is -3.34. The molecule has 0 radical (unpaired) electrons. The first-order valence-corrected chi connectivity index (χ1v) is 13.5. The predicted molar refractivity (Wildman–Crippen MR) is 149 cm³/mol. The first-order valence-electron chi connectivity index (χ1n) is 12.7. The van der Waals surface area contributed by atoms with Crippen LogP contribution in [0, 0.1) is 13.8 Å². The maximum absolute atomic E-state index is 13.3. The third-order valence-corrected chi connectivity index (χ3v) is 7.18. The van der Waals surface area contributed by atoms with Gasteiger partial charge in [-0.1, -0.05) is 53.9 Å². The number of nitrogens with zero attached hydrogens (tertiary/aromatic N) is 4. The van der Waals surface area contributed by atoms with Gasteiger partial charge in [0.25, 0.3) is 5.91 Å². The molecule has 1 N–H and O–H groups in total. The smallest absolute Gasteiger partial charge is 0.342 e. The molecule has 3 rings (SSSR count). The van der Waals surface area contributed by atoms with Gasteiger partial charge in [-0.3, -0.25) is 14.5 Å². The van der Waals surface area contributed by atoms with Crippen LogP contribution in [-0.4, -0.2) is 59.0 Å². The number of likely N-dealkylation sites (N-methyl/N-ethyl adjacent to an activating group) is 1. The quantitative estimate of drug-likeness (QED) is 0.281. The topological polar surface area (TPSA) is 97.9 Å². The van der Waals surface area contributed by atoms with Gasteiger partial charge in [0.2, 0.25) is 4.80 Å². The van der Waals surface area contributed by atoms with Gasteiger partial charge in [-0.15, -0.1) is 0 Å². The van der Waals surface area contributed by atoms with E-state index in [0.29, 0.717) is 18.5 Å². The van der Waals surface area contributed by atoms with Crippen LogP contribution in [0.1, 0.15) is 46.3 Å². The monoisotopic (exact) mass is 539 g/mol. The standard InChI is InChI=1S/C28H37N5O4S/c1-20-9-13-22(14-10-20)18-33-28(36)32(19-37-26(35)24(31(4)5)8-6-7-17-29-3)27(38-33)30-25(34)23-15-11-21(2)12-16-23/h9-16,24,29H,6-8,17-19H2,1-5H3. The van der Waals surface area contributed by atoms with E-state index in [1.165, 1.54) is 8.52 Å². The molecule has 0 aliphatic carbocycles. The number of aromatic nitrogens is 2. The van der Waals surface area contributed by atoms with Crippen LogP contribution in [0.4, 0.5) is 0 Å². The van der Waals surface area contributed by atoms with Crippen LogP contribution in [0.5, 0.6) is 0 Å². The molecule has 1 heterocycles. The third-order valence-electron chi connectivity index (χ3n) is 6.20. The summed E-state index contributed by atoms with van der Waals surface area (Å²) in [7, 11) is 5.56. The zero-order valence-corrected chi connectivity index (χ0v) is 23.6. The van der Waals surface area contributed by atoms with Gasteiger partial charge >= 0.3 is 11.7 Å². The number of carbonyl (C=O) groups is 2. The van der Waals surface area contributed by atoms with Crippen molar-refractivity contribution in [1.29, 1.82) is 0 Å². The molecule has 3 aromatic rings. The number of ether oxygens (including phenoxy) is 1. The maximum atomic E-state index is 13.3. The Morgan fingerprint density at radius 1 is 1.03 bits per heavy atom. The van der Waals surface area contributed by atoms with Gasteiger partial charge < -0.3 is 10.1 Å². The third kappa shape index (κ3) is 8.08. The Labute approximate surface area is 227 Å². The number of unbranched alkanes of at least 4 members (excludes halogenated alkanes) is 1. The van der Waals surface area contributed by atoms with Crippen molar-refractivity contribution >= 4 is 23.4 Å². The molecule has 1 unspecified atom stereocenters. The van der Waals surface area contributed by atoms with Gasteiger partial charge in [-0.05, 0) is 83.6 Å². The second-order valence-electron chi connectivity index (χ2n) is 9.56. The van der Waals surface area contributed by atoms with Crippen molar-refractivity contribution in [2.45, 2.75) is 52.4 Å². The van der Waals surface area contributed by atoms with E-state index in [2.05, 4.69) is 10.3 Å². The largest absolute Gasteiger partial charge is 0.442 e. The number of hydrogen-bond donors (Lipinski definition) is 1. The average molecular weight is 540 g/mol. The summed E-state index contributed by atoms with van der Waals surface area (Å²) in [4.78, 5) is 45.4. The van der Waals surface area contributed by atoms with Gasteiger partial charge in [0, 0.05) is 5.56 Å². The highest BCUT2D eigenvalue weighted by Gasteiger charge is 2.23. The van der Waals surface area contributed by atoms with Gasteiger partial charge in [-0.2, -0.15) is 4.99 Å². The number of aryl methyl sites for hydroxylation is 2. The predicted octanol–water partition coefficient (Wildman–Crippen LogP) is 2.94. The Morgan fingerprint density at radius 3 is 2.26 bits per heavy atom.